The molecule has 0 unspecified atom stereocenters. The Morgan fingerprint density at radius 3 is 2.69 bits per heavy atom. The van der Waals surface area contributed by atoms with Gasteiger partial charge in [-0.25, -0.2) is 4.98 Å². The topological polar surface area (TPSA) is 49.8 Å². The summed E-state index contributed by atoms with van der Waals surface area (Å²) in [6, 6.07) is 8.22. The number of nitrogens with zero attached hydrogens (tertiary/aromatic N) is 3. The molecule has 1 heterocycles. The van der Waals surface area contributed by atoms with Gasteiger partial charge < -0.3 is 15.0 Å². The van der Waals surface area contributed by atoms with Gasteiger partial charge in [0.05, 0.1) is 24.4 Å². The molecule has 0 aliphatic carbocycles. The summed E-state index contributed by atoms with van der Waals surface area (Å²) < 4.78 is 5.35. The van der Waals surface area contributed by atoms with Gasteiger partial charge in [0.15, 0.2) is 5.96 Å². The average molecular weight is 488 g/mol. The highest BCUT2D eigenvalue weighted by Crippen LogP contribution is 2.25. The molecule has 144 valence electrons. The molecule has 0 fully saturated rings. The number of aliphatic imine (C=N–C) groups is 1. The Balaban J connectivity index is 0.00000338. The van der Waals surface area contributed by atoms with E-state index in [1.54, 1.807) is 18.4 Å². The number of methoxy groups -OCH3 is 1. The van der Waals surface area contributed by atoms with Crippen LogP contribution in [0.5, 0.6) is 5.75 Å². The van der Waals surface area contributed by atoms with Crippen molar-refractivity contribution in [3.8, 4) is 5.75 Å². The highest BCUT2D eigenvalue weighted by atomic mass is 127. The Kier molecular flexibility index (Phi) is 8.82. The van der Waals surface area contributed by atoms with Gasteiger partial charge in [-0.05, 0) is 24.6 Å². The van der Waals surface area contributed by atoms with E-state index in [1.165, 1.54) is 5.56 Å². The summed E-state index contributed by atoms with van der Waals surface area (Å²) in [5, 5.41) is 6.67. The molecule has 0 radical (unpaired) electrons. The third-order valence-electron chi connectivity index (χ3n) is 4.18. The third-order valence-corrected chi connectivity index (χ3v) is 5.00. The first-order chi connectivity index (χ1) is 11.9. The number of aromatic nitrogens is 1. The fourth-order valence-electron chi connectivity index (χ4n) is 2.63. The summed E-state index contributed by atoms with van der Waals surface area (Å²) in [4.78, 5) is 11.0. The van der Waals surface area contributed by atoms with E-state index in [0.717, 1.165) is 35.5 Å². The van der Waals surface area contributed by atoms with Crippen molar-refractivity contribution in [1.29, 1.82) is 0 Å². The van der Waals surface area contributed by atoms with Gasteiger partial charge in [0.2, 0.25) is 0 Å². The van der Waals surface area contributed by atoms with Crippen molar-refractivity contribution in [2.45, 2.75) is 32.7 Å². The van der Waals surface area contributed by atoms with Crippen molar-refractivity contribution in [2.75, 3.05) is 27.7 Å². The second-order valence-corrected chi connectivity index (χ2v) is 7.79. The third kappa shape index (κ3) is 6.12. The van der Waals surface area contributed by atoms with Crippen LogP contribution in [-0.4, -0.2) is 43.6 Å². The zero-order valence-corrected chi connectivity index (χ0v) is 19.5. The standard InChI is InChI=1S/C19H28N4OS.HI/c1-14-22-16(12-25-14)11-23(5)18(20-4)21-13-19(2,3)15-8-7-9-17(10-15)24-6;/h7-10,12H,11,13H2,1-6H3,(H,20,21);1H. The average Bonchev–Trinajstić information content (AvgIpc) is 3.00. The molecule has 0 saturated heterocycles. The van der Waals surface area contributed by atoms with Crippen LogP contribution in [0.3, 0.4) is 0 Å². The normalized spacial score (nSPS) is 11.7. The molecule has 0 atom stereocenters. The Labute approximate surface area is 177 Å². The minimum atomic E-state index is -0.0530. The van der Waals surface area contributed by atoms with Crippen molar-refractivity contribution < 1.29 is 4.74 Å². The Morgan fingerprint density at radius 2 is 2.12 bits per heavy atom. The fourth-order valence-corrected chi connectivity index (χ4v) is 3.23. The number of benzene rings is 1. The summed E-state index contributed by atoms with van der Waals surface area (Å²) >= 11 is 1.67. The van der Waals surface area contributed by atoms with Gasteiger partial charge in [-0.1, -0.05) is 26.0 Å². The highest BCUT2D eigenvalue weighted by molar-refractivity contribution is 14.0. The van der Waals surface area contributed by atoms with Gasteiger partial charge in [-0.15, -0.1) is 35.3 Å². The molecule has 0 amide bonds. The van der Waals surface area contributed by atoms with Crippen LogP contribution in [0.4, 0.5) is 0 Å². The molecule has 26 heavy (non-hydrogen) atoms. The molecule has 1 aromatic carbocycles. The SMILES string of the molecule is CN=C(NCC(C)(C)c1cccc(OC)c1)N(C)Cc1csc(C)n1.I. The number of rotatable bonds is 6. The van der Waals surface area contributed by atoms with Crippen molar-refractivity contribution in [2.24, 2.45) is 4.99 Å². The number of halogens is 1. The second-order valence-electron chi connectivity index (χ2n) is 6.73. The van der Waals surface area contributed by atoms with Gasteiger partial charge in [-0.2, -0.15) is 0 Å². The van der Waals surface area contributed by atoms with Crippen LogP contribution in [0.15, 0.2) is 34.6 Å². The number of thiazole rings is 1. The first-order valence-corrected chi connectivity index (χ1v) is 9.21. The van der Waals surface area contributed by atoms with Gasteiger partial charge in [0.1, 0.15) is 5.75 Å². The zero-order chi connectivity index (χ0) is 18.4. The van der Waals surface area contributed by atoms with E-state index in [4.69, 9.17) is 4.74 Å². The zero-order valence-electron chi connectivity index (χ0n) is 16.4. The van der Waals surface area contributed by atoms with E-state index in [0.29, 0.717) is 0 Å². The molecule has 7 heteroatoms. The molecule has 0 aliphatic heterocycles. The lowest BCUT2D eigenvalue weighted by atomic mass is 9.84. The molecule has 2 rings (SSSR count). The molecule has 5 nitrogen and oxygen atoms in total. The summed E-state index contributed by atoms with van der Waals surface area (Å²) in [5.41, 5.74) is 2.25. The first kappa shape index (κ1) is 22.7. The summed E-state index contributed by atoms with van der Waals surface area (Å²) in [5.74, 6) is 1.74. The number of aryl methyl sites for hydroxylation is 1. The van der Waals surface area contributed by atoms with Crippen molar-refractivity contribution in [1.82, 2.24) is 15.2 Å². The summed E-state index contributed by atoms with van der Waals surface area (Å²) in [7, 11) is 5.54. The Bertz CT molecular complexity index is 730. The molecule has 1 N–H and O–H groups in total. The lowest BCUT2D eigenvalue weighted by Gasteiger charge is -2.29. The van der Waals surface area contributed by atoms with Gasteiger partial charge >= 0.3 is 0 Å². The van der Waals surface area contributed by atoms with E-state index in [-0.39, 0.29) is 29.4 Å². The van der Waals surface area contributed by atoms with Crippen LogP contribution in [0.1, 0.15) is 30.1 Å². The number of guanidine groups is 1. The lowest BCUT2D eigenvalue weighted by Crippen LogP contribution is -2.44. The van der Waals surface area contributed by atoms with Crippen molar-refractivity contribution in [3.05, 3.63) is 45.9 Å². The molecular formula is C19H29IN4OS. The monoisotopic (exact) mass is 488 g/mol. The predicted molar refractivity (Wildman–Crippen MR) is 121 cm³/mol. The van der Waals surface area contributed by atoms with Crippen LogP contribution >= 0.6 is 35.3 Å². The second kappa shape index (κ2) is 10.1. The highest BCUT2D eigenvalue weighted by Gasteiger charge is 2.22. The molecule has 1 aromatic heterocycles. The smallest absolute Gasteiger partial charge is 0.193 e. The van der Waals surface area contributed by atoms with E-state index in [1.807, 2.05) is 33.2 Å². The van der Waals surface area contributed by atoms with Gasteiger partial charge in [0.25, 0.3) is 0 Å². The minimum Gasteiger partial charge on any atom is -0.497 e. The fraction of sp³-hybridized carbons (Fsp3) is 0.474. The number of hydrogen-bond donors (Lipinski definition) is 1. The number of hydrogen-bond acceptors (Lipinski definition) is 4. The van der Waals surface area contributed by atoms with Gasteiger partial charge in [0, 0.05) is 31.4 Å². The predicted octanol–water partition coefficient (Wildman–Crippen LogP) is 4.06. The number of nitrogens with one attached hydrogen (secondary N) is 1. The van der Waals surface area contributed by atoms with Crippen LogP contribution in [-0.2, 0) is 12.0 Å². The summed E-state index contributed by atoms with van der Waals surface area (Å²) in [6.07, 6.45) is 0. The maximum absolute atomic E-state index is 5.35. The lowest BCUT2D eigenvalue weighted by molar-refractivity contribution is 0.410. The minimum absolute atomic E-state index is 0. The maximum atomic E-state index is 5.35. The van der Waals surface area contributed by atoms with Crippen LogP contribution in [0.2, 0.25) is 0 Å². The van der Waals surface area contributed by atoms with Crippen molar-refractivity contribution >= 4 is 41.3 Å². The molecule has 0 bridgehead atoms. The van der Waals surface area contributed by atoms with Gasteiger partial charge in [-0.3, -0.25) is 4.99 Å². The Morgan fingerprint density at radius 1 is 1.38 bits per heavy atom. The first-order valence-electron chi connectivity index (χ1n) is 8.33. The van der Waals surface area contributed by atoms with Crippen LogP contribution in [0, 0.1) is 6.92 Å². The molecule has 0 aliphatic rings. The number of ether oxygens (including phenoxy) is 1. The molecular weight excluding hydrogens is 459 g/mol. The quantitative estimate of drug-likeness (QED) is 0.379. The largest absolute Gasteiger partial charge is 0.497 e. The van der Waals surface area contributed by atoms with E-state index < -0.39 is 0 Å². The van der Waals surface area contributed by atoms with Crippen LogP contribution < -0.4 is 10.1 Å². The maximum Gasteiger partial charge on any atom is 0.193 e. The van der Waals surface area contributed by atoms with E-state index in [2.05, 4.69) is 51.6 Å². The van der Waals surface area contributed by atoms with E-state index >= 15 is 0 Å². The molecule has 2 aromatic rings. The Hall–Kier alpha value is -1.35. The van der Waals surface area contributed by atoms with E-state index in [9.17, 15) is 0 Å². The van der Waals surface area contributed by atoms with Crippen LogP contribution in [0.25, 0.3) is 0 Å². The molecule has 0 spiro atoms. The summed E-state index contributed by atoms with van der Waals surface area (Å²) in [6.45, 7) is 7.96. The molecule has 0 saturated carbocycles. The van der Waals surface area contributed by atoms with Crippen molar-refractivity contribution in [3.63, 3.8) is 0 Å².